The second-order valence-corrected chi connectivity index (χ2v) is 6.51. The normalized spacial score (nSPS) is 18.0. The van der Waals surface area contributed by atoms with E-state index in [1.165, 1.54) is 0 Å². The van der Waals surface area contributed by atoms with Gasteiger partial charge in [0.15, 0.2) is 0 Å². The van der Waals surface area contributed by atoms with Gasteiger partial charge < -0.3 is 19.3 Å². The highest BCUT2D eigenvalue weighted by atomic mass is 16.5. The van der Waals surface area contributed by atoms with E-state index >= 15 is 0 Å². The van der Waals surface area contributed by atoms with Crippen LogP contribution in [-0.4, -0.2) is 54.2 Å². The Kier molecular flexibility index (Phi) is 4.46. The van der Waals surface area contributed by atoms with Crippen LogP contribution < -0.4 is 9.64 Å². The van der Waals surface area contributed by atoms with Crippen molar-refractivity contribution in [2.75, 3.05) is 38.3 Å². The van der Waals surface area contributed by atoms with Crippen LogP contribution in [0.25, 0.3) is 0 Å². The molecule has 0 radical (unpaired) electrons. The average Bonchev–Trinajstić information content (AvgIpc) is 3.04. The van der Waals surface area contributed by atoms with Gasteiger partial charge >= 0.3 is 0 Å². The first-order valence-corrected chi connectivity index (χ1v) is 8.81. The summed E-state index contributed by atoms with van der Waals surface area (Å²) < 4.78 is 10.6. The number of nitrogens with zero attached hydrogens (tertiary/aromatic N) is 4. The van der Waals surface area contributed by atoms with Crippen LogP contribution in [0.15, 0.2) is 30.5 Å². The number of hydrogen-bond donors (Lipinski definition) is 0. The van der Waals surface area contributed by atoms with Crippen molar-refractivity contribution in [1.29, 1.82) is 0 Å². The molecule has 0 aliphatic carbocycles. The van der Waals surface area contributed by atoms with Crippen LogP contribution >= 0.6 is 0 Å². The molecule has 1 saturated heterocycles. The fourth-order valence-electron chi connectivity index (χ4n) is 3.38. The summed E-state index contributed by atoms with van der Waals surface area (Å²) in [7, 11) is 1.64. The monoisotopic (exact) mass is 354 g/mol. The Morgan fingerprint density at radius 1 is 1.19 bits per heavy atom. The van der Waals surface area contributed by atoms with Crippen molar-refractivity contribution in [1.82, 2.24) is 14.9 Å². The number of amides is 1. The third-order valence-corrected chi connectivity index (χ3v) is 5.03. The summed E-state index contributed by atoms with van der Waals surface area (Å²) in [6.07, 6.45) is 1.66. The first-order chi connectivity index (χ1) is 12.7. The van der Waals surface area contributed by atoms with Gasteiger partial charge in [0.2, 0.25) is 5.95 Å². The van der Waals surface area contributed by atoms with Crippen molar-refractivity contribution in [3.8, 4) is 5.75 Å². The number of rotatable bonds is 4. The molecule has 1 aromatic carbocycles. The molecule has 26 heavy (non-hydrogen) atoms. The SMILES string of the molecule is COc1ccc([C@@H](C)N2Cc3nc(N4CCOCC4)ncc3C2=O)cc1. The van der Waals surface area contributed by atoms with Gasteiger partial charge in [-0.2, -0.15) is 0 Å². The highest BCUT2D eigenvalue weighted by Crippen LogP contribution is 2.31. The zero-order valence-electron chi connectivity index (χ0n) is 15.0. The van der Waals surface area contributed by atoms with Crippen LogP contribution in [0, 0.1) is 0 Å². The molecule has 0 unspecified atom stereocenters. The maximum Gasteiger partial charge on any atom is 0.258 e. The molecule has 1 fully saturated rings. The first-order valence-electron chi connectivity index (χ1n) is 8.81. The Bertz CT molecular complexity index is 803. The third-order valence-electron chi connectivity index (χ3n) is 5.03. The summed E-state index contributed by atoms with van der Waals surface area (Å²) in [4.78, 5) is 25.8. The molecule has 0 spiro atoms. The van der Waals surface area contributed by atoms with Gasteiger partial charge in [0.25, 0.3) is 5.91 Å². The van der Waals surface area contributed by atoms with Crippen LogP contribution in [0.2, 0.25) is 0 Å². The molecule has 0 bridgehead atoms. The Morgan fingerprint density at radius 3 is 2.62 bits per heavy atom. The highest BCUT2D eigenvalue weighted by molar-refractivity contribution is 5.97. The Balaban J connectivity index is 1.54. The van der Waals surface area contributed by atoms with Gasteiger partial charge in [0.05, 0.1) is 44.2 Å². The zero-order valence-corrected chi connectivity index (χ0v) is 15.0. The fourth-order valence-corrected chi connectivity index (χ4v) is 3.38. The first kappa shape index (κ1) is 16.8. The number of hydrogen-bond acceptors (Lipinski definition) is 6. The fraction of sp³-hybridized carbons (Fsp3) is 0.421. The lowest BCUT2D eigenvalue weighted by atomic mass is 10.1. The van der Waals surface area contributed by atoms with Crippen LogP contribution in [0.5, 0.6) is 5.75 Å². The maximum absolute atomic E-state index is 12.8. The van der Waals surface area contributed by atoms with Crippen LogP contribution in [-0.2, 0) is 11.3 Å². The summed E-state index contributed by atoms with van der Waals surface area (Å²) in [6.45, 7) is 5.44. The van der Waals surface area contributed by atoms with Gasteiger partial charge in [-0.15, -0.1) is 0 Å². The van der Waals surface area contributed by atoms with E-state index in [0.29, 0.717) is 31.3 Å². The van der Waals surface area contributed by atoms with Gasteiger partial charge in [-0.05, 0) is 24.6 Å². The number of methoxy groups -OCH3 is 1. The molecule has 3 heterocycles. The van der Waals surface area contributed by atoms with E-state index in [-0.39, 0.29) is 11.9 Å². The van der Waals surface area contributed by atoms with E-state index in [1.54, 1.807) is 13.3 Å². The number of morpholine rings is 1. The summed E-state index contributed by atoms with van der Waals surface area (Å²) >= 11 is 0. The van der Waals surface area contributed by atoms with Crippen LogP contribution in [0.1, 0.15) is 34.6 Å². The van der Waals surface area contributed by atoms with Crippen molar-refractivity contribution < 1.29 is 14.3 Å². The zero-order chi connectivity index (χ0) is 18.1. The molecular weight excluding hydrogens is 332 g/mol. The van der Waals surface area contributed by atoms with Gasteiger partial charge in [-0.25, -0.2) is 9.97 Å². The second-order valence-electron chi connectivity index (χ2n) is 6.51. The van der Waals surface area contributed by atoms with E-state index in [4.69, 9.17) is 9.47 Å². The molecular formula is C19H22N4O3. The second kappa shape index (κ2) is 6.92. The van der Waals surface area contributed by atoms with Crippen molar-refractivity contribution in [2.24, 2.45) is 0 Å². The molecule has 7 nitrogen and oxygen atoms in total. The number of ether oxygens (including phenoxy) is 2. The van der Waals surface area contributed by atoms with Gasteiger partial charge in [0.1, 0.15) is 5.75 Å². The predicted octanol–water partition coefficient (Wildman–Crippen LogP) is 2.04. The Morgan fingerprint density at radius 2 is 1.92 bits per heavy atom. The number of fused-ring (bicyclic) bond motifs is 1. The molecule has 1 atom stereocenters. The number of anilines is 1. The summed E-state index contributed by atoms with van der Waals surface area (Å²) in [5.74, 6) is 1.47. The maximum atomic E-state index is 12.8. The van der Waals surface area contributed by atoms with Crippen molar-refractivity contribution in [3.05, 3.63) is 47.3 Å². The van der Waals surface area contributed by atoms with Crippen LogP contribution in [0.3, 0.4) is 0 Å². The molecule has 4 rings (SSSR count). The van der Waals surface area contributed by atoms with Crippen molar-refractivity contribution in [3.63, 3.8) is 0 Å². The lowest BCUT2D eigenvalue weighted by molar-refractivity contribution is 0.0715. The Labute approximate surface area is 152 Å². The van der Waals surface area contributed by atoms with E-state index < -0.39 is 0 Å². The summed E-state index contributed by atoms with van der Waals surface area (Å²) in [6, 6.07) is 7.76. The quantitative estimate of drug-likeness (QED) is 0.837. The average molecular weight is 354 g/mol. The lowest BCUT2D eigenvalue weighted by Crippen LogP contribution is -2.37. The topological polar surface area (TPSA) is 67.8 Å². The molecule has 2 aliphatic heterocycles. The van der Waals surface area contributed by atoms with Gasteiger partial charge in [-0.3, -0.25) is 4.79 Å². The van der Waals surface area contributed by atoms with E-state index in [1.807, 2.05) is 36.1 Å². The largest absolute Gasteiger partial charge is 0.497 e. The smallest absolute Gasteiger partial charge is 0.258 e. The van der Waals surface area contributed by atoms with E-state index in [9.17, 15) is 4.79 Å². The van der Waals surface area contributed by atoms with Crippen molar-refractivity contribution in [2.45, 2.75) is 19.5 Å². The summed E-state index contributed by atoms with van der Waals surface area (Å²) in [5, 5.41) is 0. The highest BCUT2D eigenvalue weighted by Gasteiger charge is 2.33. The van der Waals surface area contributed by atoms with Crippen molar-refractivity contribution >= 4 is 11.9 Å². The molecule has 1 aromatic heterocycles. The third kappa shape index (κ3) is 2.99. The number of aromatic nitrogens is 2. The number of carbonyl (C=O) groups excluding carboxylic acids is 1. The predicted molar refractivity (Wildman–Crippen MR) is 96.3 cm³/mol. The molecule has 136 valence electrons. The van der Waals surface area contributed by atoms with E-state index in [0.717, 1.165) is 30.1 Å². The number of carbonyl (C=O) groups is 1. The van der Waals surface area contributed by atoms with E-state index in [2.05, 4.69) is 14.9 Å². The number of benzene rings is 1. The van der Waals surface area contributed by atoms with Crippen LogP contribution in [0.4, 0.5) is 5.95 Å². The minimum absolute atomic E-state index is 0.0168. The molecule has 1 amide bonds. The minimum atomic E-state index is -0.0468. The minimum Gasteiger partial charge on any atom is -0.497 e. The molecule has 2 aliphatic rings. The summed E-state index contributed by atoms with van der Waals surface area (Å²) in [5.41, 5.74) is 2.46. The Hall–Kier alpha value is -2.67. The van der Waals surface area contributed by atoms with Gasteiger partial charge in [0, 0.05) is 19.3 Å². The molecule has 0 N–H and O–H groups in total. The van der Waals surface area contributed by atoms with Gasteiger partial charge in [-0.1, -0.05) is 12.1 Å². The molecule has 0 saturated carbocycles. The molecule has 2 aromatic rings. The lowest BCUT2D eigenvalue weighted by Gasteiger charge is -2.26. The molecule has 7 heteroatoms. The standard InChI is InChI=1S/C19H22N4O3/c1-13(14-3-5-15(25-2)6-4-14)23-12-17-16(18(23)24)11-20-19(21-17)22-7-9-26-10-8-22/h3-6,11,13H,7-10,12H2,1-2H3/t13-/m1/s1.